The van der Waals surface area contributed by atoms with Crippen molar-refractivity contribution in [3.05, 3.63) is 47.6 Å². The van der Waals surface area contributed by atoms with Crippen molar-refractivity contribution >= 4 is 23.2 Å². The lowest BCUT2D eigenvalue weighted by Crippen LogP contribution is -2.11. The van der Waals surface area contributed by atoms with Crippen molar-refractivity contribution in [2.75, 3.05) is 5.32 Å². The lowest BCUT2D eigenvalue weighted by molar-refractivity contribution is 0.102. The van der Waals surface area contributed by atoms with Crippen LogP contribution in [0.4, 0.5) is 5.69 Å². The summed E-state index contributed by atoms with van der Waals surface area (Å²) < 4.78 is 4.70. The van der Waals surface area contributed by atoms with Gasteiger partial charge < -0.3 is 9.73 Å². The van der Waals surface area contributed by atoms with E-state index in [1.165, 1.54) is 12.7 Å². The number of nitrogens with zero attached hydrogens (tertiary/aromatic N) is 1. The van der Waals surface area contributed by atoms with Gasteiger partial charge in [0.05, 0.1) is 0 Å². The maximum atomic E-state index is 11.5. The molecule has 4 nitrogen and oxygen atoms in total. The average molecular weight is 223 g/mol. The van der Waals surface area contributed by atoms with Gasteiger partial charge in [-0.3, -0.25) is 4.79 Å². The van der Waals surface area contributed by atoms with Crippen molar-refractivity contribution in [3.8, 4) is 0 Å². The highest BCUT2D eigenvalue weighted by Crippen LogP contribution is 2.13. The number of oxazole rings is 1. The number of benzene rings is 1. The third-order valence-electron chi connectivity index (χ3n) is 1.77. The summed E-state index contributed by atoms with van der Waals surface area (Å²) in [6.45, 7) is 0. The maximum absolute atomic E-state index is 11.5. The molecular weight excluding hydrogens is 216 g/mol. The zero-order valence-corrected chi connectivity index (χ0v) is 8.36. The van der Waals surface area contributed by atoms with Gasteiger partial charge >= 0.3 is 0 Å². The van der Waals surface area contributed by atoms with Gasteiger partial charge in [-0.15, -0.1) is 0 Å². The van der Waals surface area contributed by atoms with Gasteiger partial charge in [-0.25, -0.2) is 4.98 Å². The predicted molar refractivity (Wildman–Crippen MR) is 55.9 cm³/mol. The molecule has 1 aromatic heterocycles. The summed E-state index contributed by atoms with van der Waals surface area (Å²) in [5.41, 5.74) is 0.900. The molecule has 2 aromatic rings. The fraction of sp³-hybridized carbons (Fsp3) is 0. The van der Waals surface area contributed by atoms with Gasteiger partial charge in [0.25, 0.3) is 5.91 Å². The fourth-order valence-electron chi connectivity index (χ4n) is 1.05. The Bertz CT molecular complexity index is 451. The summed E-state index contributed by atoms with van der Waals surface area (Å²) >= 11 is 5.71. The highest BCUT2D eigenvalue weighted by molar-refractivity contribution is 6.30. The Balaban J connectivity index is 2.09. The van der Waals surface area contributed by atoms with Crippen LogP contribution in [0.2, 0.25) is 5.02 Å². The molecule has 0 unspecified atom stereocenters. The predicted octanol–water partition coefficient (Wildman–Crippen LogP) is 2.58. The minimum absolute atomic E-state index is 0.241. The second-order valence-electron chi connectivity index (χ2n) is 2.83. The van der Waals surface area contributed by atoms with Crippen LogP contribution in [0.3, 0.4) is 0 Å². The number of amides is 1. The Morgan fingerprint density at radius 3 is 2.67 bits per heavy atom. The largest absolute Gasteiger partial charge is 0.451 e. The number of hydrogen-bond donors (Lipinski definition) is 1. The molecule has 76 valence electrons. The maximum Gasteiger partial charge on any atom is 0.277 e. The van der Waals surface area contributed by atoms with Crippen LogP contribution in [0, 0.1) is 0 Å². The van der Waals surface area contributed by atoms with Crippen LogP contribution in [0.25, 0.3) is 0 Å². The first kappa shape index (κ1) is 9.73. The molecule has 1 N–H and O–H groups in total. The number of aromatic nitrogens is 1. The van der Waals surface area contributed by atoms with Gasteiger partial charge in [0, 0.05) is 10.7 Å². The monoisotopic (exact) mass is 222 g/mol. The van der Waals surface area contributed by atoms with E-state index >= 15 is 0 Å². The molecule has 0 spiro atoms. The van der Waals surface area contributed by atoms with E-state index in [4.69, 9.17) is 16.0 Å². The van der Waals surface area contributed by atoms with E-state index < -0.39 is 0 Å². The molecule has 0 fully saturated rings. The van der Waals surface area contributed by atoms with E-state index in [1.807, 2.05) is 0 Å². The summed E-state index contributed by atoms with van der Waals surface area (Å²) in [6.07, 6.45) is 2.49. The second kappa shape index (κ2) is 4.14. The van der Waals surface area contributed by atoms with E-state index in [0.29, 0.717) is 10.7 Å². The molecule has 0 aliphatic carbocycles. The van der Waals surface area contributed by atoms with Crippen LogP contribution in [0.1, 0.15) is 10.5 Å². The third kappa shape index (κ3) is 2.35. The molecule has 0 atom stereocenters. The van der Waals surface area contributed by atoms with Crippen molar-refractivity contribution in [2.45, 2.75) is 0 Å². The second-order valence-corrected chi connectivity index (χ2v) is 3.27. The molecule has 1 heterocycles. The highest BCUT2D eigenvalue weighted by atomic mass is 35.5. The Labute approximate surface area is 90.9 Å². The number of carbonyl (C=O) groups excluding carboxylic acids is 1. The van der Waals surface area contributed by atoms with Crippen LogP contribution in [-0.4, -0.2) is 10.9 Å². The fourth-order valence-corrected chi connectivity index (χ4v) is 1.18. The normalized spacial score (nSPS) is 9.93. The van der Waals surface area contributed by atoms with Gasteiger partial charge in [-0.1, -0.05) is 11.6 Å². The summed E-state index contributed by atoms with van der Waals surface area (Å²) in [4.78, 5) is 15.2. The Hall–Kier alpha value is -1.81. The van der Waals surface area contributed by atoms with E-state index in [2.05, 4.69) is 10.3 Å². The van der Waals surface area contributed by atoms with Crippen LogP contribution in [0.5, 0.6) is 0 Å². The molecule has 0 bridgehead atoms. The Morgan fingerprint density at radius 1 is 1.33 bits per heavy atom. The standard InChI is InChI=1S/C10H7ClN2O2/c11-7-1-3-8(4-2-7)13-10(14)9-5-15-6-12-9/h1-6H,(H,13,14). The molecule has 0 aliphatic heterocycles. The molecule has 0 radical (unpaired) electrons. The van der Waals surface area contributed by atoms with E-state index in [-0.39, 0.29) is 11.6 Å². The number of halogens is 1. The molecule has 2 rings (SSSR count). The van der Waals surface area contributed by atoms with Crippen molar-refractivity contribution < 1.29 is 9.21 Å². The van der Waals surface area contributed by atoms with Gasteiger partial charge in [0.1, 0.15) is 6.26 Å². The van der Waals surface area contributed by atoms with E-state index in [9.17, 15) is 4.79 Å². The molecule has 15 heavy (non-hydrogen) atoms. The Morgan fingerprint density at radius 2 is 2.07 bits per heavy atom. The zero-order chi connectivity index (χ0) is 10.7. The van der Waals surface area contributed by atoms with Gasteiger partial charge in [-0.05, 0) is 24.3 Å². The van der Waals surface area contributed by atoms with E-state index in [0.717, 1.165) is 0 Å². The number of hydrogen-bond acceptors (Lipinski definition) is 3. The number of rotatable bonds is 2. The number of carbonyl (C=O) groups is 1. The topological polar surface area (TPSA) is 55.1 Å². The summed E-state index contributed by atoms with van der Waals surface area (Å²) in [6, 6.07) is 6.81. The lowest BCUT2D eigenvalue weighted by atomic mass is 10.3. The molecular formula is C10H7ClN2O2. The SMILES string of the molecule is O=C(Nc1ccc(Cl)cc1)c1cocn1. The number of nitrogens with one attached hydrogen (secondary N) is 1. The van der Waals surface area contributed by atoms with Crippen molar-refractivity contribution in [3.63, 3.8) is 0 Å². The van der Waals surface area contributed by atoms with Crippen LogP contribution in [-0.2, 0) is 0 Å². The van der Waals surface area contributed by atoms with Crippen molar-refractivity contribution in [1.29, 1.82) is 0 Å². The summed E-state index contributed by atoms with van der Waals surface area (Å²) in [5, 5.41) is 3.27. The number of anilines is 1. The summed E-state index contributed by atoms with van der Waals surface area (Å²) in [7, 11) is 0. The third-order valence-corrected chi connectivity index (χ3v) is 2.02. The van der Waals surface area contributed by atoms with E-state index in [1.54, 1.807) is 24.3 Å². The molecule has 0 saturated heterocycles. The van der Waals surface area contributed by atoms with Gasteiger partial charge in [0.2, 0.25) is 0 Å². The van der Waals surface area contributed by atoms with Gasteiger partial charge in [0.15, 0.2) is 12.1 Å². The highest BCUT2D eigenvalue weighted by Gasteiger charge is 2.08. The minimum Gasteiger partial charge on any atom is -0.451 e. The van der Waals surface area contributed by atoms with Crippen LogP contribution < -0.4 is 5.32 Å². The summed E-state index contributed by atoms with van der Waals surface area (Å²) in [5.74, 6) is -0.314. The molecule has 5 heteroatoms. The first-order chi connectivity index (χ1) is 7.25. The minimum atomic E-state index is -0.314. The molecule has 0 saturated carbocycles. The first-order valence-corrected chi connectivity index (χ1v) is 4.58. The molecule has 1 amide bonds. The van der Waals surface area contributed by atoms with Crippen LogP contribution in [0.15, 0.2) is 41.3 Å². The average Bonchev–Trinajstić information content (AvgIpc) is 2.74. The van der Waals surface area contributed by atoms with Crippen LogP contribution >= 0.6 is 11.6 Å². The first-order valence-electron chi connectivity index (χ1n) is 4.21. The molecule has 1 aromatic carbocycles. The van der Waals surface area contributed by atoms with Crippen molar-refractivity contribution in [2.24, 2.45) is 0 Å². The smallest absolute Gasteiger partial charge is 0.277 e. The zero-order valence-electron chi connectivity index (χ0n) is 7.61. The Kier molecular flexibility index (Phi) is 2.69. The van der Waals surface area contributed by atoms with Gasteiger partial charge in [-0.2, -0.15) is 0 Å². The quantitative estimate of drug-likeness (QED) is 0.850. The lowest BCUT2D eigenvalue weighted by Gasteiger charge is -2.01. The van der Waals surface area contributed by atoms with Crippen molar-refractivity contribution in [1.82, 2.24) is 4.98 Å². The molecule has 0 aliphatic rings.